The number of anilines is 1. The number of H-pyrrole nitrogens is 1. The zero-order valence-electron chi connectivity index (χ0n) is 11.0. The number of aromatic nitrogens is 2. The van der Waals surface area contributed by atoms with E-state index >= 15 is 0 Å². The highest BCUT2D eigenvalue weighted by Gasteiger charge is 2.11. The van der Waals surface area contributed by atoms with Gasteiger partial charge in [0.2, 0.25) is 0 Å². The second-order valence-corrected chi connectivity index (χ2v) is 5.40. The van der Waals surface area contributed by atoms with Gasteiger partial charge in [-0.2, -0.15) is 0 Å². The van der Waals surface area contributed by atoms with E-state index in [9.17, 15) is 4.79 Å². The molecule has 0 radical (unpaired) electrons. The highest BCUT2D eigenvalue weighted by atomic mass is 79.9. The molecule has 0 amide bonds. The van der Waals surface area contributed by atoms with Crippen LogP contribution in [0.4, 0.5) is 5.82 Å². The minimum atomic E-state index is -0.147. The first kappa shape index (κ1) is 13.8. The number of nitrogen functional groups attached to an aromatic ring is 1. The van der Waals surface area contributed by atoms with Crippen LogP contribution < -0.4 is 11.3 Å². The lowest BCUT2D eigenvalue weighted by Crippen LogP contribution is -2.18. The van der Waals surface area contributed by atoms with E-state index < -0.39 is 0 Å². The van der Waals surface area contributed by atoms with Gasteiger partial charge in [0.1, 0.15) is 11.6 Å². The molecule has 19 heavy (non-hydrogen) atoms. The summed E-state index contributed by atoms with van der Waals surface area (Å²) in [5, 5.41) is 0. The van der Waals surface area contributed by atoms with Gasteiger partial charge in [-0.3, -0.25) is 4.79 Å². The highest BCUT2D eigenvalue weighted by molar-refractivity contribution is 9.10. The fraction of sp³-hybridized carbons (Fsp3) is 0.286. The van der Waals surface area contributed by atoms with Crippen molar-refractivity contribution in [2.75, 3.05) is 5.73 Å². The van der Waals surface area contributed by atoms with Crippen molar-refractivity contribution in [2.45, 2.75) is 26.7 Å². The number of nitrogens with one attached hydrogen (secondary N) is 1. The van der Waals surface area contributed by atoms with Gasteiger partial charge in [-0.05, 0) is 37.1 Å². The summed E-state index contributed by atoms with van der Waals surface area (Å²) >= 11 is 3.41. The van der Waals surface area contributed by atoms with Gasteiger partial charge in [0.15, 0.2) is 0 Å². The molecule has 2 rings (SSSR count). The molecule has 0 bridgehead atoms. The fourth-order valence-electron chi connectivity index (χ4n) is 2.03. The van der Waals surface area contributed by atoms with Crippen LogP contribution in [0.25, 0.3) is 11.4 Å². The minimum absolute atomic E-state index is 0.147. The average Bonchev–Trinajstić information content (AvgIpc) is 2.33. The summed E-state index contributed by atoms with van der Waals surface area (Å²) in [7, 11) is 0. The Hall–Kier alpha value is -1.62. The maximum absolute atomic E-state index is 12.0. The van der Waals surface area contributed by atoms with Gasteiger partial charge < -0.3 is 10.7 Å². The molecule has 0 saturated heterocycles. The lowest BCUT2D eigenvalue weighted by molar-refractivity contribution is 0.891. The first-order chi connectivity index (χ1) is 9.02. The molecule has 4 nitrogen and oxygen atoms in total. The molecule has 0 spiro atoms. The van der Waals surface area contributed by atoms with Crippen molar-refractivity contribution in [2.24, 2.45) is 0 Å². The number of nitrogens with zero attached hydrogens (tertiary/aromatic N) is 1. The summed E-state index contributed by atoms with van der Waals surface area (Å²) in [6.07, 6.45) is 1.51. The Kier molecular flexibility index (Phi) is 4.04. The van der Waals surface area contributed by atoms with Gasteiger partial charge >= 0.3 is 0 Å². The molecule has 0 unspecified atom stereocenters. The van der Waals surface area contributed by atoms with Crippen molar-refractivity contribution < 1.29 is 0 Å². The molecule has 3 N–H and O–H groups in total. The topological polar surface area (TPSA) is 71.8 Å². The van der Waals surface area contributed by atoms with E-state index in [0.29, 0.717) is 23.6 Å². The number of aromatic amines is 1. The summed E-state index contributed by atoms with van der Waals surface area (Å²) in [5.41, 5.74) is 8.22. The van der Waals surface area contributed by atoms with Crippen LogP contribution in [0.15, 0.2) is 27.5 Å². The Bertz CT molecular complexity index is 664. The third-order valence-corrected chi connectivity index (χ3v) is 3.48. The van der Waals surface area contributed by atoms with E-state index in [1.165, 1.54) is 0 Å². The average molecular weight is 322 g/mol. The number of aryl methyl sites for hydroxylation is 1. The number of nitrogens with two attached hydrogens (primary N) is 1. The zero-order valence-corrected chi connectivity index (χ0v) is 12.5. The summed E-state index contributed by atoms with van der Waals surface area (Å²) in [5.74, 6) is 0.843. The van der Waals surface area contributed by atoms with Crippen LogP contribution in [-0.2, 0) is 6.42 Å². The standard InChI is InChI=1S/C14H16BrN3O/c1-3-4-11-12(16)17-13(18-14(11)19)10-6-5-9(15)7-8(10)2/h5-7H,3-4H2,1-2H3,(H3,16,17,18,19). The molecule has 5 heteroatoms. The summed E-state index contributed by atoms with van der Waals surface area (Å²) in [4.78, 5) is 19.2. The van der Waals surface area contributed by atoms with E-state index in [1.807, 2.05) is 32.0 Å². The van der Waals surface area contributed by atoms with Gasteiger partial charge in [-0.1, -0.05) is 29.3 Å². The fourth-order valence-corrected chi connectivity index (χ4v) is 2.50. The molecular formula is C14H16BrN3O. The molecule has 100 valence electrons. The molecular weight excluding hydrogens is 306 g/mol. The Labute approximate surface area is 120 Å². The Balaban J connectivity index is 2.55. The van der Waals surface area contributed by atoms with E-state index in [0.717, 1.165) is 22.0 Å². The van der Waals surface area contributed by atoms with Gasteiger partial charge in [0, 0.05) is 10.0 Å². The molecule has 0 saturated carbocycles. The SMILES string of the molecule is CCCc1c(N)nc(-c2ccc(Br)cc2C)[nH]c1=O. The third-order valence-electron chi connectivity index (χ3n) is 2.99. The van der Waals surface area contributed by atoms with Crippen LogP contribution in [0.1, 0.15) is 24.5 Å². The van der Waals surface area contributed by atoms with Crippen LogP contribution in [0, 0.1) is 6.92 Å². The highest BCUT2D eigenvalue weighted by Crippen LogP contribution is 2.23. The van der Waals surface area contributed by atoms with E-state index in [-0.39, 0.29) is 5.56 Å². The van der Waals surface area contributed by atoms with Gasteiger partial charge in [-0.25, -0.2) is 4.98 Å². The minimum Gasteiger partial charge on any atom is -0.383 e. The van der Waals surface area contributed by atoms with Crippen molar-refractivity contribution in [1.29, 1.82) is 0 Å². The van der Waals surface area contributed by atoms with Crippen LogP contribution >= 0.6 is 15.9 Å². The second kappa shape index (κ2) is 5.57. The van der Waals surface area contributed by atoms with Crippen LogP contribution in [-0.4, -0.2) is 9.97 Å². The molecule has 0 fully saturated rings. The molecule has 0 aliphatic rings. The van der Waals surface area contributed by atoms with Crippen molar-refractivity contribution in [3.63, 3.8) is 0 Å². The van der Waals surface area contributed by atoms with Crippen molar-refractivity contribution in [3.8, 4) is 11.4 Å². The normalized spacial score (nSPS) is 10.7. The largest absolute Gasteiger partial charge is 0.383 e. The number of hydrogen-bond donors (Lipinski definition) is 2. The lowest BCUT2D eigenvalue weighted by Gasteiger charge is -2.08. The first-order valence-electron chi connectivity index (χ1n) is 6.18. The summed E-state index contributed by atoms with van der Waals surface area (Å²) in [6, 6.07) is 5.81. The third kappa shape index (κ3) is 2.87. The lowest BCUT2D eigenvalue weighted by atomic mass is 10.1. The zero-order chi connectivity index (χ0) is 14.0. The molecule has 0 aliphatic carbocycles. The van der Waals surface area contributed by atoms with Crippen molar-refractivity contribution >= 4 is 21.7 Å². The second-order valence-electron chi connectivity index (χ2n) is 4.49. The summed E-state index contributed by atoms with van der Waals surface area (Å²) < 4.78 is 0.992. The van der Waals surface area contributed by atoms with Gasteiger partial charge in [-0.15, -0.1) is 0 Å². The maximum atomic E-state index is 12.0. The van der Waals surface area contributed by atoms with Crippen LogP contribution in [0.2, 0.25) is 0 Å². The number of halogens is 1. The Morgan fingerprint density at radius 3 is 2.74 bits per heavy atom. The Morgan fingerprint density at radius 1 is 1.42 bits per heavy atom. The van der Waals surface area contributed by atoms with Crippen LogP contribution in [0.5, 0.6) is 0 Å². The van der Waals surface area contributed by atoms with E-state index in [1.54, 1.807) is 0 Å². The summed E-state index contributed by atoms with van der Waals surface area (Å²) in [6.45, 7) is 3.97. The van der Waals surface area contributed by atoms with Crippen molar-refractivity contribution in [3.05, 3.63) is 44.2 Å². The Morgan fingerprint density at radius 2 is 2.16 bits per heavy atom. The molecule has 1 aromatic heterocycles. The molecule has 0 aliphatic heterocycles. The quantitative estimate of drug-likeness (QED) is 0.912. The van der Waals surface area contributed by atoms with Gasteiger partial charge in [0.05, 0.1) is 5.56 Å². The predicted octanol–water partition coefficient (Wildman–Crippen LogP) is 3.04. The number of rotatable bonds is 3. The number of hydrogen-bond acceptors (Lipinski definition) is 3. The molecule has 0 atom stereocenters. The predicted molar refractivity (Wildman–Crippen MR) is 81.1 cm³/mol. The number of benzene rings is 1. The molecule has 1 aromatic carbocycles. The first-order valence-corrected chi connectivity index (χ1v) is 6.97. The van der Waals surface area contributed by atoms with E-state index in [4.69, 9.17) is 5.73 Å². The van der Waals surface area contributed by atoms with E-state index in [2.05, 4.69) is 25.9 Å². The monoisotopic (exact) mass is 321 g/mol. The van der Waals surface area contributed by atoms with Crippen molar-refractivity contribution in [1.82, 2.24) is 9.97 Å². The maximum Gasteiger partial charge on any atom is 0.256 e. The molecule has 1 heterocycles. The van der Waals surface area contributed by atoms with Gasteiger partial charge in [0.25, 0.3) is 5.56 Å². The van der Waals surface area contributed by atoms with Crippen LogP contribution in [0.3, 0.4) is 0 Å². The molecule has 2 aromatic rings. The smallest absolute Gasteiger partial charge is 0.256 e.